The zero-order valence-electron chi connectivity index (χ0n) is 30.6. The Morgan fingerprint density at radius 3 is 2.54 bits per heavy atom. The number of hydrogen-bond donors (Lipinski definition) is 3. The Labute approximate surface area is 289 Å². The molecule has 2 spiro atoms. The summed E-state index contributed by atoms with van der Waals surface area (Å²) in [5.41, 5.74) is -1.47. The number of aliphatic hydroxyl groups excluding tert-OH is 2. The maximum absolute atomic E-state index is 13.0. The highest BCUT2D eigenvalue weighted by Crippen LogP contribution is 2.90. The van der Waals surface area contributed by atoms with Gasteiger partial charge in [0.25, 0.3) is 0 Å². The highest BCUT2D eigenvalue weighted by molar-refractivity contribution is 5.76. The molecule has 0 aromatic heterocycles. The summed E-state index contributed by atoms with van der Waals surface area (Å²) >= 11 is 0. The molecule has 1 amide bonds. The first-order chi connectivity index (χ1) is 22.5. The molecule has 8 rings (SSSR count). The topological polar surface area (TPSA) is 109 Å². The van der Waals surface area contributed by atoms with Crippen molar-refractivity contribution in [3.8, 4) is 0 Å². The van der Waals surface area contributed by atoms with Crippen LogP contribution in [-0.4, -0.2) is 76.0 Å². The van der Waals surface area contributed by atoms with Crippen molar-refractivity contribution in [2.24, 2.45) is 50.7 Å². The van der Waals surface area contributed by atoms with Gasteiger partial charge in [0.2, 0.25) is 5.91 Å². The minimum atomic E-state index is -1.31. The van der Waals surface area contributed by atoms with E-state index in [1.54, 1.807) is 19.8 Å². The van der Waals surface area contributed by atoms with E-state index in [9.17, 15) is 20.1 Å². The van der Waals surface area contributed by atoms with Crippen molar-refractivity contribution in [1.82, 2.24) is 4.90 Å². The van der Waals surface area contributed by atoms with Gasteiger partial charge in [-0.25, -0.2) is 0 Å². The van der Waals surface area contributed by atoms with E-state index in [4.69, 9.17) is 14.2 Å². The maximum Gasteiger partial charge on any atom is 0.223 e. The molecular formula is C40H62NO7. The smallest absolute Gasteiger partial charge is 0.223 e. The predicted octanol–water partition coefficient (Wildman–Crippen LogP) is 5.98. The molecular weight excluding hydrogens is 606 g/mol. The molecule has 2 saturated heterocycles. The van der Waals surface area contributed by atoms with E-state index in [1.807, 2.05) is 4.90 Å². The van der Waals surface area contributed by atoms with Crippen molar-refractivity contribution in [2.75, 3.05) is 19.7 Å². The van der Waals surface area contributed by atoms with Gasteiger partial charge < -0.3 is 34.4 Å². The lowest BCUT2D eigenvalue weighted by Crippen LogP contribution is -2.59. The van der Waals surface area contributed by atoms with Crippen LogP contribution in [0.3, 0.4) is 0 Å². The summed E-state index contributed by atoms with van der Waals surface area (Å²) in [6.07, 6.45) is 11.7. The Hall–Kier alpha value is -0.770. The molecule has 8 aliphatic rings. The summed E-state index contributed by atoms with van der Waals surface area (Å²) in [5.74, 6) is 3.27. The van der Waals surface area contributed by atoms with E-state index in [1.165, 1.54) is 32.1 Å². The molecule has 0 bridgehead atoms. The van der Waals surface area contributed by atoms with E-state index >= 15 is 0 Å². The van der Waals surface area contributed by atoms with Crippen LogP contribution < -0.4 is 0 Å². The molecule has 269 valence electrons. The number of hydrogen-bond acceptors (Lipinski definition) is 7. The number of carbonyl (C=O) groups excluding carboxylic acids is 1. The monoisotopic (exact) mass is 668 g/mol. The zero-order valence-corrected chi connectivity index (χ0v) is 30.6. The first-order valence-corrected chi connectivity index (χ1v) is 19.4. The van der Waals surface area contributed by atoms with Crippen molar-refractivity contribution in [2.45, 2.75) is 156 Å². The van der Waals surface area contributed by atoms with Gasteiger partial charge in [0.1, 0.15) is 18.3 Å². The normalized spacial score (nSPS) is 48.4. The summed E-state index contributed by atoms with van der Waals surface area (Å²) in [5, 5.41) is 34.0. The molecule has 3 radical (unpaired) electrons. The van der Waals surface area contributed by atoms with Crippen LogP contribution in [0.5, 0.6) is 0 Å². The Bertz CT molecular complexity index is 1280. The molecule has 2 heterocycles. The quantitative estimate of drug-likeness (QED) is 0.320. The van der Waals surface area contributed by atoms with Gasteiger partial charge in [-0.05, 0) is 123 Å². The zero-order chi connectivity index (χ0) is 34.2. The Morgan fingerprint density at radius 1 is 1.10 bits per heavy atom. The highest BCUT2D eigenvalue weighted by atomic mass is 16.7. The van der Waals surface area contributed by atoms with E-state index in [2.05, 4.69) is 34.6 Å². The summed E-state index contributed by atoms with van der Waals surface area (Å²) in [6.45, 7) is 16.8. The molecule has 6 aliphatic carbocycles. The lowest BCUT2D eigenvalue weighted by Gasteiger charge is -2.63. The number of ether oxygens (including phenoxy) is 3. The molecule has 0 aromatic rings. The third-order valence-electron chi connectivity index (χ3n) is 16.4. The summed E-state index contributed by atoms with van der Waals surface area (Å²) in [4.78, 5) is 15.0. The fourth-order valence-corrected chi connectivity index (χ4v) is 13.4. The molecule has 8 heteroatoms. The summed E-state index contributed by atoms with van der Waals surface area (Å²) < 4.78 is 19.5. The molecule has 48 heavy (non-hydrogen) atoms. The first-order valence-electron chi connectivity index (χ1n) is 19.4. The molecule has 8 fully saturated rings. The highest BCUT2D eigenvalue weighted by Gasteiger charge is 2.85. The van der Waals surface area contributed by atoms with Crippen molar-refractivity contribution in [3.63, 3.8) is 0 Å². The van der Waals surface area contributed by atoms with E-state index in [-0.39, 0.29) is 51.8 Å². The average Bonchev–Trinajstić information content (AvgIpc) is 3.64. The molecule has 3 N–H and O–H groups in total. The van der Waals surface area contributed by atoms with E-state index < -0.39 is 23.2 Å². The molecule has 0 aromatic carbocycles. The Kier molecular flexibility index (Phi) is 7.95. The number of rotatable bonds is 6. The van der Waals surface area contributed by atoms with Crippen molar-refractivity contribution in [1.29, 1.82) is 0 Å². The summed E-state index contributed by atoms with van der Waals surface area (Å²) in [6, 6.07) is 0. The minimum Gasteiger partial charge on any atom is -0.389 e. The average molecular weight is 669 g/mol. The maximum atomic E-state index is 13.0. The van der Waals surface area contributed by atoms with Crippen LogP contribution in [0.2, 0.25) is 0 Å². The van der Waals surface area contributed by atoms with Crippen molar-refractivity contribution >= 4 is 5.91 Å². The Balaban J connectivity index is 0.994. The molecule has 2 aliphatic heterocycles. The van der Waals surface area contributed by atoms with Gasteiger partial charge in [-0.2, -0.15) is 0 Å². The summed E-state index contributed by atoms with van der Waals surface area (Å²) in [7, 11) is 0. The minimum absolute atomic E-state index is 0.0255. The second-order valence-electron chi connectivity index (χ2n) is 19.3. The van der Waals surface area contributed by atoms with Crippen molar-refractivity contribution < 1.29 is 34.3 Å². The van der Waals surface area contributed by atoms with Crippen LogP contribution in [0.15, 0.2) is 0 Å². The largest absolute Gasteiger partial charge is 0.389 e. The van der Waals surface area contributed by atoms with Gasteiger partial charge in [0.15, 0.2) is 6.29 Å². The third kappa shape index (κ3) is 4.56. The second-order valence-corrected chi connectivity index (χ2v) is 19.3. The number of carbonyl (C=O) groups is 1. The molecule has 11 atom stereocenters. The van der Waals surface area contributed by atoms with Crippen LogP contribution in [0, 0.1) is 68.9 Å². The van der Waals surface area contributed by atoms with Gasteiger partial charge in [-0.3, -0.25) is 4.79 Å². The van der Waals surface area contributed by atoms with Crippen LogP contribution in [-0.2, 0) is 19.0 Å². The van der Waals surface area contributed by atoms with Crippen LogP contribution in [0.1, 0.15) is 126 Å². The van der Waals surface area contributed by atoms with Crippen molar-refractivity contribution in [3.05, 3.63) is 18.1 Å². The van der Waals surface area contributed by atoms with Gasteiger partial charge >= 0.3 is 0 Å². The second kappa shape index (κ2) is 11.1. The lowest BCUT2D eigenvalue weighted by atomic mass is 9.41. The van der Waals surface area contributed by atoms with Gasteiger partial charge in [-0.1, -0.05) is 41.0 Å². The molecule has 1 unspecified atom stereocenters. The van der Waals surface area contributed by atoms with Crippen LogP contribution in [0.25, 0.3) is 0 Å². The number of morpholine rings is 1. The SMILES string of the molecule is C[C@@H]1C[C]([C@H](O)C(C)(C)O)O[C]2[C@H]1[C@@]1(C)CC[C@@]34C[C@@]35CCC(O[C@H]3CN(C(=O)CC6CCC6)CCO3)C(C)(C)[C@@H]5CC[C]4[C@]1(C)[C@H]2O. The van der Waals surface area contributed by atoms with Gasteiger partial charge in [-0.15, -0.1) is 0 Å². The van der Waals surface area contributed by atoms with Crippen LogP contribution in [0.4, 0.5) is 0 Å². The van der Waals surface area contributed by atoms with Crippen LogP contribution >= 0.6 is 0 Å². The number of amides is 1. The number of aliphatic hydroxyl groups is 3. The molecule has 8 nitrogen and oxygen atoms in total. The van der Waals surface area contributed by atoms with E-state index in [0.717, 1.165) is 38.2 Å². The van der Waals surface area contributed by atoms with E-state index in [0.29, 0.717) is 50.5 Å². The lowest BCUT2D eigenvalue weighted by molar-refractivity contribution is -0.242. The molecule has 6 saturated carbocycles. The van der Waals surface area contributed by atoms with Gasteiger partial charge in [0, 0.05) is 24.3 Å². The predicted molar refractivity (Wildman–Crippen MR) is 180 cm³/mol. The third-order valence-corrected chi connectivity index (χ3v) is 16.4. The van der Waals surface area contributed by atoms with Gasteiger partial charge in [0.05, 0.1) is 31.0 Å². The number of fused-ring (bicyclic) bond motifs is 4. The first kappa shape index (κ1) is 34.3. The standard InChI is InChI=1S/C40H62NO7/c1-23-19-25(33(43)36(4,5)45)47-32-31(23)37(6)15-16-40-22-39(40)14-13-28(35(2,3)26(39)11-12-27(40)38(37,7)34(32)44)48-30-21-41(17-18-46-30)29(42)20-24-9-8-10-24/h23-24,26,28,30-31,33-34,43-45H,8-22H2,1-7H3/t23-,26+,28?,30+,31+,33+,34+,37-,38-,39-,40+/m1/s1. The Morgan fingerprint density at radius 2 is 1.85 bits per heavy atom. The fraction of sp³-hybridized carbons (Fsp3) is 0.900. The fourth-order valence-electron chi connectivity index (χ4n) is 13.4. The number of nitrogens with zero attached hydrogens (tertiary/aromatic N) is 1.